The van der Waals surface area contributed by atoms with Gasteiger partial charge in [-0.3, -0.25) is 14.9 Å². The van der Waals surface area contributed by atoms with E-state index in [1.54, 1.807) is 25.1 Å². The summed E-state index contributed by atoms with van der Waals surface area (Å²) >= 11 is 3.17. The molecule has 1 aliphatic heterocycles. The molecule has 35 heavy (non-hydrogen) atoms. The molecule has 3 rings (SSSR count). The van der Waals surface area contributed by atoms with Crippen molar-refractivity contribution in [1.29, 1.82) is 0 Å². The van der Waals surface area contributed by atoms with Crippen LogP contribution in [-0.4, -0.2) is 55.5 Å². The topological polar surface area (TPSA) is 106 Å². The number of benzene rings is 2. The second-order valence-corrected chi connectivity index (χ2v) is 10.3. The second-order valence-electron chi connectivity index (χ2n) is 8.27. The van der Waals surface area contributed by atoms with Crippen molar-refractivity contribution in [3.63, 3.8) is 0 Å². The average Bonchev–Trinajstić information content (AvgIpc) is 3.23. The number of hydrogen-bond donors (Lipinski definition) is 2. The summed E-state index contributed by atoms with van der Waals surface area (Å²) in [6, 6.07) is 13.2. The fraction of sp³-hybridized carbons (Fsp3) is 0.375. The summed E-state index contributed by atoms with van der Waals surface area (Å²) < 4.78 is 18.6. The van der Waals surface area contributed by atoms with E-state index < -0.39 is 20.5 Å². The maximum absolute atomic E-state index is 11.8. The standard InChI is InChI=1S/C24H29BrN3O6P/c1-16-11-19(33-24(16)28(3)12-21(25)23(31)26-15-30)14-32-35(27-17(2)13-29)34-22-10-6-8-18-7-4-5-9-20(18)22/h4-10,12-13,15-17,19,24,27H,11,14H2,1-3H3,(H,26,30,31)/b21-12+. The van der Waals surface area contributed by atoms with E-state index in [9.17, 15) is 14.4 Å². The van der Waals surface area contributed by atoms with E-state index in [2.05, 4.69) is 33.3 Å². The molecule has 2 N–H and O–H groups in total. The van der Waals surface area contributed by atoms with Crippen molar-refractivity contribution in [2.24, 2.45) is 5.92 Å². The third-order valence-electron chi connectivity index (χ3n) is 5.40. The van der Waals surface area contributed by atoms with Gasteiger partial charge in [0.2, 0.25) is 6.41 Å². The van der Waals surface area contributed by atoms with Crippen molar-refractivity contribution in [3.05, 3.63) is 53.1 Å². The predicted molar refractivity (Wildman–Crippen MR) is 138 cm³/mol. The van der Waals surface area contributed by atoms with Crippen LogP contribution in [0.1, 0.15) is 20.3 Å². The van der Waals surface area contributed by atoms with E-state index >= 15 is 0 Å². The van der Waals surface area contributed by atoms with Gasteiger partial charge in [-0.05, 0) is 40.7 Å². The molecule has 1 fully saturated rings. The predicted octanol–water partition coefficient (Wildman–Crippen LogP) is 3.83. The van der Waals surface area contributed by atoms with Gasteiger partial charge in [0.1, 0.15) is 18.3 Å². The number of carbonyl (C=O) groups is 3. The number of amides is 2. The number of carbonyl (C=O) groups excluding carboxylic acids is 3. The lowest BCUT2D eigenvalue weighted by molar-refractivity contribution is -0.122. The highest BCUT2D eigenvalue weighted by atomic mass is 79.9. The first-order chi connectivity index (χ1) is 16.8. The number of nitrogens with one attached hydrogen (secondary N) is 2. The van der Waals surface area contributed by atoms with Crippen molar-refractivity contribution in [3.8, 4) is 5.75 Å². The number of aldehydes is 1. The number of fused-ring (bicyclic) bond motifs is 1. The average molecular weight is 566 g/mol. The molecule has 2 aromatic rings. The Labute approximate surface area is 214 Å². The van der Waals surface area contributed by atoms with Gasteiger partial charge >= 0.3 is 8.53 Å². The maximum atomic E-state index is 11.8. The summed E-state index contributed by atoms with van der Waals surface area (Å²) in [5.74, 6) is 0.289. The SMILES string of the molecule is CC(C=O)NP(OCC1CC(C)C(N(C)/C=C(/Br)C(=O)NC=O)O1)Oc1cccc2ccccc12. The maximum Gasteiger partial charge on any atom is 0.318 e. The third kappa shape index (κ3) is 7.56. The molecule has 1 heterocycles. The molecule has 5 atom stereocenters. The van der Waals surface area contributed by atoms with Crippen molar-refractivity contribution in [2.45, 2.75) is 38.6 Å². The number of imide groups is 1. The normalized spacial score (nSPS) is 21.8. The highest BCUT2D eigenvalue weighted by molar-refractivity contribution is 9.12. The molecule has 0 bridgehead atoms. The van der Waals surface area contributed by atoms with Crippen molar-refractivity contribution in [1.82, 2.24) is 15.3 Å². The Morgan fingerprint density at radius 3 is 2.77 bits per heavy atom. The van der Waals surface area contributed by atoms with Crippen LogP contribution in [0.25, 0.3) is 10.8 Å². The highest BCUT2D eigenvalue weighted by Crippen LogP contribution is 2.40. The van der Waals surface area contributed by atoms with Crippen LogP contribution in [0.3, 0.4) is 0 Å². The third-order valence-corrected chi connectivity index (χ3v) is 7.33. The van der Waals surface area contributed by atoms with E-state index in [1.165, 1.54) is 0 Å². The molecule has 188 valence electrons. The molecule has 0 spiro atoms. The quantitative estimate of drug-likeness (QED) is 0.227. The van der Waals surface area contributed by atoms with Gasteiger partial charge in [-0.15, -0.1) is 0 Å². The first kappa shape index (κ1) is 27.2. The minimum atomic E-state index is -1.62. The summed E-state index contributed by atoms with van der Waals surface area (Å²) in [5, 5.41) is 7.18. The van der Waals surface area contributed by atoms with Crippen molar-refractivity contribution < 1.29 is 28.2 Å². The molecular weight excluding hydrogens is 537 g/mol. The van der Waals surface area contributed by atoms with Crippen LogP contribution in [0, 0.1) is 5.92 Å². The number of hydrogen-bond acceptors (Lipinski definition) is 8. The van der Waals surface area contributed by atoms with E-state index in [1.807, 2.05) is 42.5 Å². The van der Waals surface area contributed by atoms with E-state index in [0.29, 0.717) is 12.2 Å². The van der Waals surface area contributed by atoms with Crippen LogP contribution >= 0.6 is 24.5 Å². The minimum absolute atomic E-state index is 0.159. The van der Waals surface area contributed by atoms with E-state index in [-0.39, 0.29) is 29.3 Å². The Morgan fingerprint density at radius 2 is 2.03 bits per heavy atom. The highest BCUT2D eigenvalue weighted by Gasteiger charge is 2.35. The van der Waals surface area contributed by atoms with Gasteiger partial charge in [0.05, 0.1) is 23.2 Å². The largest absolute Gasteiger partial charge is 0.435 e. The Hall–Kier alpha value is -2.36. The van der Waals surface area contributed by atoms with Gasteiger partial charge in [-0.2, -0.15) is 0 Å². The minimum Gasteiger partial charge on any atom is -0.435 e. The van der Waals surface area contributed by atoms with Crippen LogP contribution in [0.5, 0.6) is 5.75 Å². The number of nitrogens with zero attached hydrogens (tertiary/aromatic N) is 1. The summed E-state index contributed by atoms with van der Waals surface area (Å²) in [6.07, 6.45) is 2.96. The van der Waals surface area contributed by atoms with Crippen LogP contribution in [0.4, 0.5) is 0 Å². The Bertz CT molecular complexity index is 1070. The van der Waals surface area contributed by atoms with Gasteiger partial charge in [0, 0.05) is 24.6 Å². The molecule has 1 aliphatic rings. The van der Waals surface area contributed by atoms with Crippen LogP contribution in [-0.2, 0) is 23.6 Å². The molecule has 2 aromatic carbocycles. The molecule has 0 saturated carbocycles. The van der Waals surface area contributed by atoms with Crippen molar-refractivity contribution in [2.75, 3.05) is 13.7 Å². The van der Waals surface area contributed by atoms with Crippen LogP contribution < -0.4 is 14.9 Å². The summed E-state index contributed by atoms with van der Waals surface area (Å²) in [7, 11) is 0.173. The van der Waals surface area contributed by atoms with Crippen LogP contribution in [0.2, 0.25) is 0 Å². The Morgan fingerprint density at radius 1 is 1.29 bits per heavy atom. The first-order valence-electron chi connectivity index (χ1n) is 11.1. The monoisotopic (exact) mass is 565 g/mol. The fourth-order valence-corrected chi connectivity index (χ4v) is 5.41. The lowest BCUT2D eigenvalue weighted by atomic mass is 10.1. The molecule has 0 aliphatic carbocycles. The molecule has 1 saturated heterocycles. The zero-order valence-electron chi connectivity index (χ0n) is 19.7. The first-order valence-corrected chi connectivity index (χ1v) is 13.1. The molecule has 0 aromatic heterocycles. The second kappa shape index (κ2) is 13.1. The zero-order chi connectivity index (χ0) is 25.4. The number of ether oxygens (including phenoxy) is 1. The lowest BCUT2D eigenvalue weighted by Crippen LogP contribution is -2.33. The lowest BCUT2D eigenvalue weighted by Gasteiger charge is -2.26. The van der Waals surface area contributed by atoms with E-state index in [4.69, 9.17) is 13.8 Å². The van der Waals surface area contributed by atoms with E-state index in [0.717, 1.165) is 23.5 Å². The van der Waals surface area contributed by atoms with Crippen LogP contribution in [0.15, 0.2) is 53.1 Å². The molecule has 2 amide bonds. The smallest absolute Gasteiger partial charge is 0.318 e. The summed E-state index contributed by atoms with van der Waals surface area (Å²) in [6.45, 7) is 4.05. The number of halogens is 1. The van der Waals surface area contributed by atoms with Gasteiger partial charge in [-0.25, -0.2) is 5.09 Å². The molecule has 9 nitrogen and oxygen atoms in total. The number of rotatable bonds is 12. The molecule has 11 heteroatoms. The Kier molecular flexibility index (Phi) is 10.2. The van der Waals surface area contributed by atoms with Gasteiger partial charge in [0.25, 0.3) is 5.91 Å². The summed E-state index contributed by atoms with van der Waals surface area (Å²) in [5.41, 5.74) is 0. The van der Waals surface area contributed by atoms with Crippen molar-refractivity contribution >= 4 is 53.8 Å². The molecule has 0 radical (unpaired) electrons. The summed E-state index contributed by atoms with van der Waals surface area (Å²) in [4.78, 5) is 35.3. The Balaban J connectivity index is 1.64. The van der Waals surface area contributed by atoms with Gasteiger partial charge < -0.3 is 23.5 Å². The van der Waals surface area contributed by atoms with Gasteiger partial charge in [-0.1, -0.05) is 43.3 Å². The zero-order valence-corrected chi connectivity index (χ0v) is 22.2. The fourth-order valence-electron chi connectivity index (χ4n) is 3.76. The molecule has 5 unspecified atom stereocenters. The van der Waals surface area contributed by atoms with Gasteiger partial charge in [0.15, 0.2) is 0 Å². The molecular formula is C24H29BrN3O6P.